The summed E-state index contributed by atoms with van der Waals surface area (Å²) < 4.78 is 5.15. The Hall–Kier alpha value is -0.650. The van der Waals surface area contributed by atoms with E-state index in [1.165, 1.54) is 19.5 Å². The molecule has 0 bridgehead atoms. The zero-order chi connectivity index (χ0) is 15.7. The molecule has 5 heteroatoms. The lowest BCUT2D eigenvalue weighted by atomic mass is 10.1. The summed E-state index contributed by atoms with van der Waals surface area (Å²) in [7, 11) is 4.34. The standard InChI is InChI=1S/C16H33N3O2/c1-5-9-17-15(16(20)21-6-2)8-11-19(4)13-14-7-10-18(3)12-14/h14-15,17H,5-13H2,1-4H3. The number of carbonyl (C=O) groups is 1. The number of hydrogen-bond donors (Lipinski definition) is 1. The second kappa shape index (κ2) is 10.1. The van der Waals surface area contributed by atoms with Gasteiger partial charge in [0.05, 0.1) is 6.61 Å². The minimum absolute atomic E-state index is 0.111. The fraction of sp³-hybridized carbons (Fsp3) is 0.938. The number of nitrogens with one attached hydrogen (secondary N) is 1. The molecule has 21 heavy (non-hydrogen) atoms. The summed E-state index contributed by atoms with van der Waals surface area (Å²) in [5.41, 5.74) is 0. The van der Waals surface area contributed by atoms with Crippen molar-refractivity contribution in [2.75, 3.05) is 53.4 Å². The molecule has 0 aromatic rings. The molecule has 1 N–H and O–H groups in total. The van der Waals surface area contributed by atoms with Crippen molar-refractivity contribution in [3.63, 3.8) is 0 Å². The molecule has 0 radical (unpaired) electrons. The summed E-state index contributed by atoms with van der Waals surface area (Å²) in [4.78, 5) is 16.7. The van der Waals surface area contributed by atoms with Gasteiger partial charge in [-0.25, -0.2) is 0 Å². The van der Waals surface area contributed by atoms with Gasteiger partial charge in [0.2, 0.25) is 0 Å². The van der Waals surface area contributed by atoms with E-state index >= 15 is 0 Å². The van der Waals surface area contributed by atoms with Crippen LogP contribution in [-0.4, -0.2) is 75.2 Å². The van der Waals surface area contributed by atoms with Crippen molar-refractivity contribution < 1.29 is 9.53 Å². The fourth-order valence-corrected chi connectivity index (χ4v) is 2.92. The van der Waals surface area contributed by atoms with Crippen molar-refractivity contribution in [1.29, 1.82) is 0 Å². The molecule has 2 atom stereocenters. The van der Waals surface area contributed by atoms with Crippen LogP contribution in [0.2, 0.25) is 0 Å². The van der Waals surface area contributed by atoms with Crippen molar-refractivity contribution in [2.24, 2.45) is 5.92 Å². The highest BCUT2D eigenvalue weighted by molar-refractivity contribution is 5.75. The molecule has 0 aliphatic carbocycles. The highest BCUT2D eigenvalue weighted by atomic mass is 16.5. The van der Waals surface area contributed by atoms with E-state index in [1.54, 1.807) is 0 Å². The second-order valence-corrected chi connectivity index (χ2v) is 6.23. The van der Waals surface area contributed by atoms with Crippen molar-refractivity contribution in [2.45, 2.75) is 39.2 Å². The van der Waals surface area contributed by atoms with Gasteiger partial charge in [-0.05, 0) is 65.8 Å². The van der Waals surface area contributed by atoms with Gasteiger partial charge in [-0.3, -0.25) is 4.79 Å². The highest BCUT2D eigenvalue weighted by Gasteiger charge is 2.22. The average Bonchev–Trinajstić information content (AvgIpc) is 2.84. The summed E-state index contributed by atoms with van der Waals surface area (Å²) in [5, 5.41) is 3.30. The Morgan fingerprint density at radius 2 is 2.24 bits per heavy atom. The van der Waals surface area contributed by atoms with E-state index in [2.05, 4.69) is 36.1 Å². The third-order valence-corrected chi connectivity index (χ3v) is 4.07. The summed E-state index contributed by atoms with van der Waals surface area (Å²) in [5.74, 6) is 0.657. The molecule has 1 heterocycles. The third-order valence-electron chi connectivity index (χ3n) is 4.07. The van der Waals surface area contributed by atoms with Crippen LogP contribution in [0.15, 0.2) is 0 Å². The molecule has 0 aromatic heterocycles. The Bertz CT molecular complexity index is 299. The Labute approximate surface area is 130 Å². The van der Waals surface area contributed by atoms with Crippen molar-refractivity contribution in [3.8, 4) is 0 Å². The van der Waals surface area contributed by atoms with Gasteiger partial charge in [0.15, 0.2) is 0 Å². The van der Waals surface area contributed by atoms with E-state index in [-0.39, 0.29) is 12.0 Å². The SMILES string of the molecule is CCCNC(CCN(C)CC1CCN(C)C1)C(=O)OCC. The molecule has 2 unspecified atom stereocenters. The maximum Gasteiger partial charge on any atom is 0.323 e. The first-order valence-electron chi connectivity index (χ1n) is 8.33. The molecule has 5 nitrogen and oxygen atoms in total. The van der Waals surface area contributed by atoms with Crippen LogP contribution in [0.1, 0.15) is 33.1 Å². The number of carbonyl (C=O) groups excluding carboxylic acids is 1. The van der Waals surface area contributed by atoms with Gasteiger partial charge < -0.3 is 19.9 Å². The maximum atomic E-state index is 11.9. The van der Waals surface area contributed by atoms with E-state index < -0.39 is 0 Å². The molecule has 1 saturated heterocycles. The predicted octanol–water partition coefficient (Wildman–Crippen LogP) is 1.19. The number of hydrogen-bond acceptors (Lipinski definition) is 5. The minimum atomic E-state index is -0.168. The van der Waals surface area contributed by atoms with Crippen LogP contribution in [0.5, 0.6) is 0 Å². The number of ether oxygens (including phenoxy) is 1. The lowest BCUT2D eigenvalue weighted by molar-refractivity contribution is -0.145. The molecular weight excluding hydrogens is 266 g/mol. The second-order valence-electron chi connectivity index (χ2n) is 6.23. The number of rotatable bonds is 10. The molecule has 0 spiro atoms. The van der Waals surface area contributed by atoms with E-state index in [9.17, 15) is 4.79 Å². The third kappa shape index (κ3) is 7.25. The van der Waals surface area contributed by atoms with E-state index in [0.29, 0.717) is 6.61 Å². The van der Waals surface area contributed by atoms with Gasteiger partial charge in [-0.1, -0.05) is 6.92 Å². The zero-order valence-electron chi connectivity index (χ0n) is 14.2. The van der Waals surface area contributed by atoms with Crippen LogP contribution >= 0.6 is 0 Å². The lowest BCUT2D eigenvalue weighted by Gasteiger charge is -2.23. The van der Waals surface area contributed by atoms with Crippen LogP contribution < -0.4 is 5.32 Å². The maximum absolute atomic E-state index is 11.9. The first-order chi connectivity index (χ1) is 10.1. The zero-order valence-corrected chi connectivity index (χ0v) is 14.2. The molecule has 1 aliphatic heterocycles. The smallest absolute Gasteiger partial charge is 0.323 e. The van der Waals surface area contributed by atoms with E-state index in [1.807, 2.05) is 6.92 Å². The van der Waals surface area contributed by atoms with Crippen LogP contribution in [-0.2, 0) is 9.53 Å². The van der Waals surface area contributed by atoms with Crippen LogP contribution in [0, 0.1) is 5.92 Å². The Morgan fingerprint density at radius 3 is 2.81 bits per heavy atom. The number of likely N-dealkylation sites (tertiary alicyclic amines) is 1. The minimum Gasteiger partial charge on any atom is -0.465 e. The Morgan fingerprint density at radius 1 is 1.48 bits per heavy atom. The largest absolute Gasteiger partial charge is 0.465 e. The van der Waals surface area contributed by atoms with E-state index in [4.69, 9.17) is 4.74 Å². The molecule has 0 amide bonds. The molecule has 1 fully saturated rings. The summed E-state index contributed by atoms with van der Waals surface area (Å²) >= 11 is 0. The van der Waals surface area contributed by atoms with Gasteiger partial charge in [0.1, 0.15) is 6.04 Å². The van der Waals surface area contributed by atoms with Crippen molar-refractivity contribution in [1.82, 2.24) is 15.1 Å². The highest BCUT2D eigenvalue weighted by Crippen LogP contribution is 2.15. The molecule has 1 aliphatic rings. The predicted molar refractivity (Wildman–Crippen MR) is 86.4 cm³/mol. The Kier molecular flexibility index (Phi) is 8.88. The van der Waals surface area contributed by atoms with Gasteiger partial charge in [0.25, 0.3) is 0 Å². The van der Waals surface area contributed by atoms with Gasteiger partial charge >= 0.3 is 5.97 Å². The summed E-state index contributed by atoms with van der Waals surface area (Å²) in [6.45, 7) is 9.74. The van der Waals surface area contributed by atoms with Gasteiger partial charge in [-0.2, -0.15) is 0 Å². The van der Waals surface area contributed by atoms with Crippen LogP contribution in [0.25, 0.3) is 0 Å². The first kappa shape index (κ1) is 18.4. The monoisotopic (exact) mass is 299 g/mol. The van der Waals surface area contributed by atoms with Crippen molar-refractivity contribution >= 4 is 5.97 Å². The van der Waals surface area contributed by atoms with Crippen LogP contribution in [0.4, 0.5) is 0 Å². The van der Waals surface area contributed by atoms with Gasteiger partial charge in [0, 0.05) is 13.1 Å². The quantitative estimate of drug-likeness (QED) is 0.614. The molecule has 0 aromatic carbocycles. The van der Waals surface area contributed by atoms with Crippen LogP contribution in [0.3, 0.4) is 0 Å². The van der Waals surface area contributed by atoms with Crippen molar-refractivity contribution in [3.05, 3.63) is 0 Å². The normalized spacial score (nSPS) is 20.9. The molecular formula is C16H33N3O2. The summed E-state index contributed by atoms with van der Waals surface area (Å²) in [6.07, 6.45) is 3.13. The Balaban J connectivity index is 2.31. The molecule has 124 valence electrons. The molecule has 0 saturated carbocycles. The number of esters is 1. The topological polar surface area (TPSA) is 44.8 Å². The van der Waals surface area contributed by atoms with E-state index in [0.717, 1.165) is 38.4 Å². The average molecular weight is 299 g/mol. The first-order valence-corrected chi connectivity index (χ1v) is 8.33. The fourth-order valence-electron chi connectivity index (χ4n) is 2.92. The summed E-state index contributed by atoms with van der Waals surface area (Å²) in [6, 6.07) is -0.168. The lowest BCUT2D eigenvalue weighted by Crippen LogP contribution is -2.41. The van der Waals surface area contributed by atoms with Gasteiger partial charge in [-0.15, -0.1) is 0 Å². The number of nitrogens with zero attached hydrogens (tertiary/aromatic N) is 2. The molecule has 1 rings (SSSR count).